The van der Waals surface area contributed by atoms with Crippen molar-refractivity contribution in [3.8, 4) is 5.75 Å². The van der Waals surface area contributed by atoms with Gasteiger partial charge in [-0.25, -0.2) is 4.98 Å². The number of nitrogens with two attached hydrogens (primary N) is 1. The van der Waals surface area contributed by atoms with Crippen LogP contribution in [0.1, 0.15) is 28.0 Å². The number of hydrogen-bond donors (Lipinski definition) is 2. The molecular weight excluding hydrogens is 398 g/mol. The molecule has 2 aromatic rings. The van der Waals surface area contributed by atoms with Crippen molar-refractivity contribution in [1.82, 2.24) is 14.8 Å². The number of methoxy groups -OCH3 is 1. The minimum absolute atomic E-state index is 0.0134. The first-order chi connectivity index (χ1) is 14.9. The Kier molecular flexibility index (Phi) is 5.50. The number of carbonyl (C=O) groups is 3. The van der Waals surface area contributed by atoms with Crippen LogP contribution in [0.15, 0.2) is 30.3 Å². The molecule has 31 heavy (non-hydrogen) atoms. The Morgan fingerprint density at radius 2 is 2.06 bits per heavy atom. The maximum absolute atomic E-state index is 12.9. The molecule has 9 heteroatoms. The number of para-hydroxylation sites is 2. The lowest BCUT2D eigenvalue weighted by Crippen LogP contribution is -2.41. The number of nitrogens with zero attached hydrogens (tertiary/aromatic N) is 3. The Morgan fingerprint density at radius 3 is 2.77 bits per heavy atom. The first kappa shape index (κ1) is 20.6. The van der Waals surface area contributed by atoms with Crippen LogP contribution in [0.25, 0.3) is 0 Å². The van der Waals surface area contributed by atoms with Crippen LogP contribution in [0.4, 0.5) is 11.5 Å². The standard InChI is InChI=1S/C22H25N5O4/c1-26-11-14(10-19(26)28)22(30)27-8-7-16-13(12-27)9-15(20(23)24-16)21(29)25-17-5-3-4-6-18(17)31-2/h3-6,9,14H,7-8,10-12H2,1-2H3,(H2,23,24)(H,25,29)/t14-/m0/s1. The van der Waals surface area contributed by atoms with Gasteiger partial charge in [-0.1, -0.05) is 12.1 Å². The highest BCUT2D eigenvalue weighted by Gasteiger charge is 2.36. The van der Waals surface area contributed by atoms with Crippen molar-refractivity contribution in [2.75, 3.05) is 38.3 Å². The van der Waals surface area contributed by atoms with Gasteiger partial charge in [-0.2, -0.15) is 0 Å². The molecule has 0 unspecified atom stereocenters. The number of nitrogens with one attached hydrogen (secondary N) is 1. The summed E-state index contributed by atoms with van der Waals surface area (Å²) in [7, 11) is 3.24. The van der Waals surface area contributed by atoms with Crippen molar-refractivity contribution in [2.45, 2.75) is 19.4 Å². The zero-order valence-electron chi connectivity index (χ0n) is 17.6. The van der Waals surface area contributed by atoms with Crippen LogP contribution in [-0.2, 0) is 22.6 Å². The van der Waals surface area contributed by atoms with Crippen molar-refractivity contribution in [3.63, 3.8) is 0 Å². The summed E-state index contributed by atoms with van der Waals surface area (Å²) in [6, 6.07) is 8.79. The van der Waals surface area contributed by atoms with Crippen molar-refractivity contribution >= 4 is 29.2 Å². The monoisotopic (exact) mass is 423 g/mol. The molecule has 0 spiro atoms. The van der Waals surface area contributed by atoms with Crippen LogP contribution in [0, 0.1) is 5.92 Å². The van der Waals surface area contributed by atoms with E-state index in [9.17, 15) is 14.4 Å². The number of rotatable bonds is 4. The number of aromatic nitrogens is 1. The number of likely N-dealkylation sites (tertiary alicyclic amines) is 1. The number of carbonyl (C=O) groups excluding carboxylic acids is 3. The highest BCUT2D eigenvalue weighted by atomic mass is 16.5. The van der Waals surface area contributed by atoms with Gasteiger partial charge in [0.25, 0.3) is 5.91 Å². The highest BCUT2D eigenvalue weighted by Crippen LogP contribution is 2.28. The summed E-state index contributed by atoms with van der Waals surface area (Å²) in [5, 5.41) is 2.81. The van der Waals surface area contributed by atoms with E-state index in [2.05, 4.69) is 10.3 Å². The molecule has 0 saturated carbocycles. The zero-order chi connectivity index (χ0) is 22.1. The van der Waals surface area contributed by atoms with Gasteiger partial charge < -0.3 is 25.6 Å². The Hall–Kier alpha value is -3.62. The van der Waals surface area contributed by atoms with Gasteiger partial charge in [-0.3, -0.25) is 14.4 Å². The average Bonchev–Trinajstić information content (AvgIpc) is 3.11. The predicted molar refractivity (Wildman–Crippen MR) is 114 cm³/mol. The van der Waals surface area contributed by atoms with Gasteiger partial charge in [-0.05, 0) is 23.8 Å². The molecule has 3 heterocycles. The molecule has 3 N–H and O–H groups in total. The highest BCUT2D eigenvalue weighted by molar-refractivity contribution is 6.08. The summed E-state index contributed by atoms with van der Waals surface area (Å²) in [5.41, 5.74) is 8.42. The number of benzene rings is 1. The van der Waals surface area contributed by atoms with E-state index in [1.807, 2.05) is 6.07 Å². The van der Waals surface area contributed by atoms with Crippen molar-refractivity contribution in [3.05, 3.63) is 47.2 Å². The van der Waals surface area contributed by atoms with Crippen LogP contribution in [0.5, 0.6) is 5.75 Å². The molecule has 1 aromatic heterocycles. The van der Waals surface area contributed by atoms with E-state index in [-0.39, 0.29) is 35.5 Å². The summed E-state index contributed by atoms with van der Waals surface area (Å²) >= 11 is 0. The molecule has 162 valence electrons. The molecule has 0 bridgehead atoms. The molecule has 9 nitrogen and oxygen atoms in total. The van der Waals surface area contributed by atoms with Gasteiger partial charge in [0.05, 0.1) is 24.3 Å². The SMILES string of the molecule is COc1ccccc1NC(=O)c1cc2c(nc1N)CCN(C(=O)[C@H]1CC(=O)N(C)C1)C2. The molecule has 3 amide bonds. The Bertz CT molecular complexity index is 1050. The summed E-state index contributed by atoms with van der Waals surface area (Å²) in [4.78, 5) is 45.3. The van der Waals surface area contributed by atoms with Crippen molar-refractivity contribution < 1.29 is 19.1 Å². The van der Waals surface area contributed by atoms with E-state index < -0.39 is 5.91 Å². The number of ether oxygens (including phenoxy) is 1. The van der Waals surface area contributed by atoms with Crippen LogP contribution in [0.3, 0.4) is 0 Å². The van der Waals surface area contributed by atoms with E-state index in [0.717, 1.165) is 11.3 Å². The van der Waals surface area contributed by atoms with Gasteiger partial charge in [0.2, 0.25) is 11.8 Å². The number of amides is 3. The lowest BCUT2D eigenvalue weighted by Gasteiger charge is -2.30. The second kappa shape index (κ2) is 8.25. The number of hydrogen-bond acceptors (Lipinski definition) is 6. The van der Waals surface area contributed by atoms with Crippen molar-refractivity contribution in [2.24, 2.45) is 5.92 Å². The Balaban J connectivity index is 1.53. The van der Waals surface area contributed by atoms with Crippen LogP contribution in [0.2, 0.25) is 0 Å². The third kappa shape index (κ3) is 4.03. The minimum Gasteiger partial charge on any atom is -0.495 e. The number of nitrogen functional groups attached to an aromatic ring is 1. The lowest BCUT2D eigenvalue weighted by atomic mass is 10.00. The summed E-state index contributed by atoms with van der Waals surface area (Å²) in [5.74, 6) is -0.0966. The third-order valence-electron chi connectivity index (χ3n) is 5.80. The second-order valence-corrected chi connectivity index (χ2v) is 7.87. The largest absolute Gasteiger partial charge is 0.495 e. The van der Waals surface area contributed by atoms with E-state index in [0.29, 0.717) is 37.5 Å². The van der Waals surface area contributed by atoms with E-state index in [1.54, 1.807) is 41.1 Å². The molecule has 2 aliphatic rings. The molecule has 4 rings (SSSR count). The minimum atomic E-state index is -0.399. The van der Waals surface area contributed by atoms with Gasteiger partial charge in [0.15, 0.2) is 0 Å². The maximum Gasteiger partial charge on any atom is 0.259 e. The fraction of sp³-hybridized carbons (Fsp3) is 0.364. The van der Waals surface area contributed by atoms with Crippen molar-refractivity contribution in [1.29, 1.82) is 0 Å². The Labute approximate surface area is 180 Å². The van der Waals surface area contributed by atoms with Gasteiger partial charge in [0, 0.05) is 45.2 Å². The molecule has 1 fully saturated rings. The number of anilines is 2. The van der Waals surface area contributed by atoms with Gasteiger partial charge >= 0.3 is 0 Å². The third-order valence-corrected chi connectivity index (χ3v) is 5.80. The van der Waals surface area contributed by atoms with E-state index in [4.69, 9.17) is 10.5 Å². The maximum atomic E-state index is 12.9. The summed E-state index contributed by atoms with van der Waals surface area (Å²) in [6.45, 7) is 1.29. The smallest absolute Gasteiger partial charge is 0.259 e. The number of pyridine rings is 1. The molecule has 0 aliphatic carbocycles. The summed E-state index contributed by atoms with van der Waals surface area (Å²) < 4.78 is 5.27. The molecule has 1 saturated heterocycles. The Morgan fingerprint density at radius 1 is 1.29 bits per heavy atom. The molecule has 1 atom stereocenters. The second-order valence-electron chi connectivity index (χ2n) is 7.87. The quantitative estimate of drug-likeness (QED) is 0.765. The zero-order valence-corrected chi connectivity index (χ0v) is 17.6. The number of fused-ring (bicyclic) bond motifs is 1. The first-order valence-electron chi connectivity index (χ1n) is 10.1. The summed E-state index contributed by atoms with van der Waals surface area (Å²) in [6.07, 6.45) is 0.793. The van der Waals surface area contributed by atoms with Crippen LogP contribution < -0.4 is 15.8 Å². The first-order valence-corrected chi connectivity index (χ1v) is 10.1. The predicted octanol–water partition coefficient (Wildman–Crippen LogP) is 1.29. The normalized spacial score (nSPS) is 18.0. The van der Waals surface area contributed by atoms with E-state index >= 15 is 0 Å². The fourth-order valence-corrected chi connectivity index (χ4v) is 4.08. The molecular formula is C22H25N5O4. The average molecular weight is 423 g/mol. The fourth-order valence-electron chi connectivity index (χ4n) is 4.08. The topological polar surface area (TPSA) is 118 Å². The van der Waals surface area contributed by atoms with Crippen LogP contribution >= 0.6 is 0 Å². The lowest BCUT2D eigenvalue weighted by molar-refractivity contribution is -0.136. The molecule has 1 aromatic carbocycles. The van der Waals surface area contributed by atoms with Gasteiger partial charge in [-0.15, -0.1) is 0 Å². The van der Waals surface area contributed by atoms with E-state index in [1.165, 1.54) is 7.11 Å². The molecule has 0 radical (unpaired) electrons. The molecule has 2 aliphatic heterocycles. The van der Waals surface area contributed by atoms with Gasteiger partial charge in [0.1, 0.15) is 11.6 Å². The van der Waals surface area contributed by atoms with Crippen LogP contribution in [-0.4, -0.2) is 59.8 Å².